The summed E-state index contributed by atoms with van der Waals surface area (Å²) in [5.74, 6) is 1.68. The molecular weight excluding hydrogens is 308 g/mol. The Balaban J connectivity index is 1.95. The first-order valence-electron chi connectivity index (χ1n) is 8.61. The standard InChI is InChI=1S/C22H22N2O/c1-14-12-15(2)17(4)18(16(14)3)13-24-20-9-6-5-8-19(20)23-22(24)21-10-7-11-25-21/h5-12H,13H2,1-4H3. The molecule has 0 fully saturated rings. The van der Waals surface area contributed by atoms with Gasteiger partial charge in [-0.05, 0) is 79.8 Å². The molecule has 2 heterocycles. The van der Waals surface area contributed by atoms with Gasteiger partial charge in [0, 0.05) is 0 Å². The molecule has 3 nitrogen and oxygen atoms in total. The first-order chi connectivity index (χ1) is 12.1. The molecule has 0 aliphatic carbocycles. The van der Waals surface area contributed by atoms with Crippen LogP contribution >= 0.6 is 0 Å². The number of benzene rings is 2. The van der Waals surface area contributed by atoms with Gasteiger partial charge in [0.15, 0.2) is 11.6 Å². The van der Waals surface area contributed by atoms with Crippen molar-refractivity contribution in [3.63, 3.8) is 0 Å². The number of aromatic nitrogens is 2. The predicted octanol–water partition coefficient (Wildman–Crippen LogP) is 5.58. The van der Waals surface area contributed by atoms with Gasteiger partial charge in [-0.25, -0.2) is 4.98 Å². The van der Waals surface area contributed by atoms with E-state index in [9.17, 15) is 0 Å². The third-order valence-corrected chi connectivity index (χ3v) is 5.23. The molecule has 2 aromatic heterocycles. The molecule has 0 aliphatic heterocycles. The van der Waals surface area contributed by atoms with Crippen LogP contribution in [-0.4, -0.2) is 9.55 Å². The van der Waals surface area contributed by atoms with Crippen molar-refractivity contribution in [3.8, 4) is 11.6 Å². The summed E-state index contributed by atoms with van der Waals surface area (Å²) in [6.45, 7) is 9.58. The number of furan rings is 1. The van der Waals surface area contributed by atoms with E-state index in [1.165, 1.54) is 27.8 Å². The highest BCUT2D eigenvalue weighted by atomic mass is 16.3. The summed E-state index contributed by atoms with van der Waals surface area (Å²) >= 11 is 0. The van der Waals surface area contributed by atoms with Crippen LogP contribution in [-0.2, 0) is 6.54 Å². The van der Waals surface area contributed by atoms with Gasteiger partial charge in [0.2, 0.25) is 0 Å². The van der Waals surface area contributed by atoms with Crippen LogP contribution in [0.4, 0.5) is 0 Å². The summed E-state index contributed by atoms with van der Waals surface area (Å²) < 4.78 is 7.92. The number of hydrogen-bond acceptors (Lipinski definition) is 2. The summed E-state index contributed by atoms with van der Waals surface area (Å²) in [6.07, 6.45) is 1.70. The van der Waals surface area contributed by atoms with E-state index in [-0.39, 0.29) is 0 Å². The monoisotopic (exact) mass is 330 g/mol. The average Bonchev–Trinajstić information content (AvgIpc) is 3.24. The fraction of sp³-hybridized carbons (Fsp3) is 0.227. The first-order valence-corrected chi connectivity index (χ1v) is 8.61. The van der Waals surface area contributed by atoms with E-state index in [2.05, 4.69) is 56.5 Å². The zero-order chi connectivity index (χ0) is 17.6. The highest BCUT2D eigenvalue weighted by Crippen LogP contribution is 2.29. The SMILES string of the molecule is Cc1cc(C)c(C)c(Cn2c(-c3ccco3)nc3ccccc32)c1C. The summed E-state index contributed by atoms with van der Waals surface area (Å²) in [5.41, 5.74) is 8.87. The van der Waals surface area contributed by atoms with Crippen LogP contribution < -0.4 is 0 Å². The van der Waals surface area contributed by atoms with Crippen molar-refractivity contribution in [1.29, 1.82) is 0 Å². The van der Waals surface area contributed by atoms with E-state index in [4.69, 9.17) is 9.40 Å². The summed E-state index contributed by atoms with van der Waals surface area (Å²) in [6, 6.07) is 14.4. The predicted molar refractivity (Wildman–Crippen MR) is 102 cm³/mol. The molecule has 4 aromatic rings. The molecule has 4 rings (SSSR count). The van der Waals surface area contributed by atoms with Crippen LogP contribution in [0.25, 0.3) is 22.6 Å². The Morgan fingerprint density at radius 1 is 0.920 bits per heavy atom. The van der Waals surface area contributed by atoms with Gasteiger partial charge in [0.1, 0.15) is 0 Å². The Morgan fingerprint density at radius 2 is 1.64 bits per heavy atom. The van der Waals surface area contributed by atoms with Crippen molar-refractivity contribution in [1.82, 2.24) is 9.55 Å². The lowest BCUT2D eigenvalue weighted by Crippen LogP contribution is -2.07. The lowest BCUT2D eigenvalue weighted by atomic mass is 9.94. The number of fused-ring (bicyclic) bond motifs is 1. The van der Waals surface area contributed by atoms with Crippen LogP contribution in [0.2, 0.25) is 0 Å². The van der Waals surface area contributed by atoms with Gasteiger partial charge in [-0.2, -0.15) is 0 Å². The van der Waals surface area contributed by atoms with Crippen molar-refractivity contribution >= 4 is 11.0 Å². The smallest absolute Gasteiger partial charge is 0.177 e. The third-order valence-electron chi connectivity index (χ3n) is 5.23. The topological polar surface area (TPSA) is 31.0 Å². The molecule has 0 saturated heterocycles. The maximum absolute atomic E-state index is 5.65. The van der Waals surface area contributed by atoms with Crippen molar-refractivity contribution in [2.75, 3.05) is 0 Å². The first kappa shape index (κ1) is 15.7. The minimum Gasteiger partial charge on any atom is -0.461 e. The fourth-order valence-electron chi connectivity index (χ4n) is 3.52. The van der Waals surface area contributed by atoms with Crippen LogP contribution in [0, 0.1) is 27.7 Å². The summed E-state index contributed by atoms with van der Waals surface area (Å²) in [4.78, 5) is 4.82. The van der Waals surface area contributed by atoms with E-state index >= 15 is 0 Å². The number of hydrogen-bond donors (Lipinski definition) is 0. The summed E-state index contributed by atoms with van der Waals surface area (Å²) in [7, 11) is 0. The number of imidazole rings is 1. The average molecular weight is 330 g/mol. The Kier molecular flexibility index (Phi) is 3.72. The van der Waals surface area contributed by atoms with Crippen molar-refractivity contribution in [2.24, 2.45) is 0 Å². The van der Waals surface area contributed by atoms with Gasteiger partial charge in [-0.15, -0.1) is 0 Å². The fourth-order valence-corrected chi connectivity index (χ4v) is 3.52. The van der Waals surface area contributed by atoms with Gasteiger partial charge in [-0.1, -0.05) is 18.2 Å². The van der Waals surface area contributed by atoms with Gasteiger partial charge in [0.25, 0.3) is 0 Å². The largest absolute Gasteiger partial charge is 0.461 e. The van der Waals surface area contributed by atoms with Crippen LogP contribution in [0.1, 0.15) is 27.8 Å². The highest BCUT2D eigenvalue weighted by Gasteiger charge is 2.17. The lowest BCUT2D eigenvalue weighted by Gasteiger charge is -2.17. The maximum atomic E-state index is 5.65. The molecular formula is C22H22N2O. The maximum Gasteiger partial charge on any atom is 0.177 e. The molecule has 2 aromatic carbocycles. The molecule has 3 heteroatoms. The molecule has 0 saturated carbocycles. The molecule has 0 spiro atoms. The molecule has 0 radical (unpaired) electrons. The molecule has 0 amide bonds. The van der Waals surface area contributed by atoms with E-state index in [0.717, 1.165) is 29.2 Å². The number of aryl methyl sites for hydroxylation is 2. The Hall–Kier alpha value is -2.81. The third kappa shape index (κ3) is 2.56. The van der Waals surface area contributed by atoms with E-state index in [1.807, 2.05) is 18.2 Å². The zero-order valence-corrected chi connectivity index (χ0v) is 15.1. The lowest BCUT2D eigenvalue weighted by molar-refractivity contribution is 0.572. The molecule has 0 aliphatic rings. The minimum absolute atomic E-state index is 0.788. The Bertz CT molecular complexity index is 1030. The van der Waals surface area contributed by atoms with Crippen molar-refractivity contribution in [2.45, 2.75) is 34.2 Å². The molecule has 0 atom stereocenters. The van der Waals surface area contributed by atoms with E-state index < -0.39 is 0 Å². The second-order valence-corrected chi connectivity index (χ2v) is 6.73. The minimum atomic E-state index is 0.788. The van der Waals surface area contributed by atoms with Crippen LogP contribution in [0.5, 0.6) is 0 Å². The molecule has 0 unspecified atom stereocenters. The van der Waals surface area contributed by atoms with Gasteiger partial charge in [0.05, 0.1) is 23.8 Å². The number of nitrogens with zero attached hydrogens (tertiary/aromatic N) is 2. The Labute approximate surface area is 147 Å². The molecule has 126 valence electrons. The normalized spacial score (nSPS) is 11.4. The summed E-state index contributed by atoms with van der Waals surface area (Å²) in [5, 5.41) is 0. The number of para-hydroxylation sites is 2. The van der Waals surface area contributed by atoms with Crippen LogP contribution in [0.3, 0.4) is 0 Å². The Morgan fingerprint density at radius 3 is 2.32 bits per heavy atom. The number of rotatable bonds is 3. The van der Waals surface area contributed by atoms with Gasteiger partial charge in [-0.3, -0.25) is 0 Å². The van der Waals surface area contributed by atoms with Gasteiger partial charge < -0.3 is 8.98 Å². The van der Waals surface area contributed by atoms with Gasteiger partial charge >= 0.3 is 0 Å². The highest BCUT2D eigenvalue weighted by molar-refractivity contribution is 5.80. The van der Waals surface area contributed by atoms with Crippen LogP contribution in [0.15, 0.2) is 53.1 Å². The zero-order valence-electron chi connectivity index (χ0n) is 15.1. The van der Waals surface area contributed by atoms with Crippen molar-refractivity contribution < 1.29 is 4.42 Å². The molecule has 25 heavy (non-hydrogen) atoms. The van der Waals surface area contributed by atoms with Crippen molar-refractivity contribution in [3.05, 3.63) is 76.5 Å². The van der Waals surface area contributed by atoms with E-state index in [1.54, 1.807) is 6.26 Å². The molecule has 0 N–H and O–H groups in total. The molecule has 0 bridgehead atoms. The second kappa shape index (κ2) is 5.92. The second-order valence-electron chi connectivity index (χ2n) is 6.73. The van der Waals surface area contributed by atoms with E-state index in [0.29, 0.717) is 0 Å². The quantitative estimate of drug-likeness (QED) is 0.491.